The highest BCUT2D eigenvalue weighted by Crippen LogP contribution is 2.21. The minimum absolute atomic E-state index is 0.265. The summed E-state index contributed by atoms with van der Waals surface area (Å²) in [6.07, 6.45) is 5.59. The van der Waals surface area contributed by atoms with Crippen molar-refractivity contribution >= 4 is 0 Å². The zero-order valence-corrected chi connectivity index (χ0v) is 12.7. The van der Waals surface area contributed by atoms with Gasteiger partial charge in [-0.3, -0.25) is 4.98 Å². The Hall–Kier alpha value is -1.75. The fourth-order valence-corrected chi connectivity index (χ4v) is 2.46. The van der Waals surface area contributed by atoms with Crippen LogP contribution in [0, 0.1) is 6.92 Å². The highest BCUT2D eigenvalue weighted by atomic mass is 15.4. The average molecular weight is 273 g/mol. The largest absolute Gasteiger partial charge is 0.309 e. The Morgan fingerprint density at radius 1 is 1.25 bits per heavy atom. The Kier molecular flexibility index (Phi) is 4.84. The summed E-state index contributed by atoms with van der Waals surface area (Å²) in [4.78, 5) is 4.24. The monoisotopic (exact) mass is 273 g/mol. The molecule has 0 saturated heterocycles. The van der Waals surface area contributed by atoms with Gasteiger partial charge in [-0.15, -0.1) is 5.10 Å². The summed E-state index contributed by atoms with van der Waals surface area (Å²) in [7, 11) is 0. The van der Waals surface area contributed by atoms with E-state index >= 15 is 0 Å². The van der Waals surface area contributed by atoms with E-state index in [1.807, 2.05) is 24.0 Å². The molecule has 0 saturated carbocycles. The van der Waals surface area contributed by atoms with Crippen molar-refractivity contribution in [3.8, 4) is 5.69 Å². The zero-order chi connectivity index (χ0) is 14.5. The highest BCUT2D eigenvalue weighted by molar-refractivity contribution is 5.34. The van der Waals surface area contributed by atoms with Crippen LogP contribution in [0.3, 0.4) is 0 Å². The van der Waals surface area contributed by atoms with Gasteiger partial charge in [0.25, 0.3) is 0 Å². The maximum Gasteiger partial charge on any atom is 0.103 e. The molecule has 0 fully saturated rings. The summed E-state index contributed by atoms with van der Waals surface area (Å²) in [5.41, 5.74) is 4.32. The molecule has 1 unspecified atom stereocenters. The number of rotatable bonds is 6. The molecule has 0 spiro atoms. The van der Waals surface area contributed by atoms with Crippen LogP contribution in [0.5, 0.6) is 0 Å². The van der Waals surface area contributed by atoms with Gasteiger partial charge in [-0.2, -0.15) is 0 Å². The molecule has 0 aliphatic carbocycles. The third-order valence-corrected chi connectivity index (χ3v) is 3.42. The molecule has 2 aromatic rings. The van der Waals surface area contributed by atoms with E-state index in [0.29, 0.717) is 0 Å². The molecular weight excluding hydrogens is 250 g/mol. The highest BCUT2D eigenvalue weighted by Gasteiger charge is 2.19. The molecule has 1 atom stereocenters. The molecule has 0 amide bonds. The Balaban J connectivity index is 2.43. The molecule has 20 heavy (non-hydrogen) atoms. The van der Waals surface area contributed by atoms with Crippen LogP contribution in [0.2, 0.25) is 0 Å². The van der Waals surface area contributed by atoms with Crippen molar-refractivity contribution in [3.05, 3.63) is 35.4 Å². The van der Waals surface area contributed by atoms with Gasteiger partial charge in [0, 0.05) is 6.20 Å². The lowest BCUT2D eigenvalue weighted by Crippen LogP contribution is -2.21. The van der Waals surface area contributed by atoms with E-state index in [2.05, 4.69) is 47.5 Å². The third-order valence-electron chi connectivity index (χ3n) is 3.42. The van der Waals surface area contributed by atoms with E-state index in [9.17, 15) is 0 Å². The minimum Gasteiger partial charge on any atom is -0.309 e. The molecule has 2 heterocycles. The van der Waals surface area contributed by atoms with Gasteiger partial charge in [0.1, 0.15) is 5.69 Å². The van der Waals surface area contributed by atoms with Crippen LogP contribution < -0.4 is 5.32 Å². The van der Waals surface area contributed by atoms with E-state index in [1.165, 1.54) is 0 Å². The first kappa shape index (κ1) is 14.7. The van der Waals surface area contributed by atoms with Crippen molar-refractivity contribution in [2.45, 2.75) is 46.6 Å². The van der Waals surface area contributed by atoms with Crippen LogP contribution in [0.25, 0.3) is 5.69 Å². The number of hydrogen-bond donors (Lipinski definition) is 1. The van der Waals surface area contributed by atoms with E-state index in [0.717, 1.165) is 42.0 Å². The maximum absolute atomic E-state index is 4.41. The van der Waals surface area contributed by atoms with Crippen molar-refractivity contribution in [2.75, 3.05) is 6.54 Å². The predicted molar refractivity (Wildman–Crippen MR) is 80.0 cm³/mol. The minimum atomic E-state index is 0.265. The summed E-state index contributed by atoms with van der Waals surface area (Å²) in [6, 6.07) is 2.35. The lowest BCUT2D eigenvalue weighted by molar-refractivity contribution is 0.520. The van der Waals surface area contributed by atoms with Crippen LogP contribution in [-0.4, -0.2) is 26.5 Å². The summed E-state index contributed by atoms with van der Waals surface area (Å²) in [5.74, 6) is 0. The van der Waals surface area contributed by atoms with Crippen molar-refractivity contribution < 1.29 is 0 Å². The topological polar surface area (TPSA) is 55.6 Å². The van der Waals surface area contributed by atoms with Gasteiger partial charge in [-0.05, 0) is 37.9 Å². The van der Waals surface area contributed by atoms with Crippen molar-refractivity contribution in [1.82, 2.24) is 25.3 Å². The van der Waals surface area contributed by atoms with Crippen molar-refractivity contribution in [1.29, 1.82) is 0 Å². The van der Waals surface area contributed by atoms with Crippen molar-refractivity contribution in [3.63, 3.8) is 0 Å². The van der Waals surface area contributed by atoms with Gasteiger partial charge in [0.2, 0.25) is 0 Å². The van der Waals surface area contributed by atoms with Crippen LogP contribution in [0.1, 0.15) is 50.2 Å². The van der Waals surface area contributed by atoms with Gasteiger partial charge in [0.05, 0.1) is 23.6 Å². The molecule has 0 radical (unpaired) electrons. The molecule has 1 N–H and O–H groups in total. The quantitative estimate of drug-likeness (QED) is 0.879. The second-order valence-electron chi connectivity index (χ2n) is 4.93. The summed E-state index contributed by atoms with van der Waals surface area (Å²) >= 11 is 0. The van der Waals surface area contributed by atoms with Crippen molar-refractivity contribution in [2.24, 2.45) is 0 Å². The summed E-state index contributed by atoms with van der Waals surface area (Å²) in [6.45, 7) is 9.39. The Morgan fingerprint density at radius 3 is 2.65 bits per heavy atom. The molecule has 0 aliphatic heterocycles. The lowest BCUT2D eigenvalue weighted by atomic mass is 10.1. The fraction of sp³-hybridized carbons (Fsp3) is 0.533. The van der Waals surface area contributed by atoms with Crippen LogP contribution in [0.15, 0.2) is 18.5 Å². The molecule has 0 bridgehead atoms. The molecule has 5 heteroatoms. The zero-order valence-electron chi connectivity index (χ0n) is 12.7. The molecule has 108 valence electrons. The number of pyridine rings is 1. The summed E-state index contributed by atoms with van der Waals surface area (Å²) < 4.78 is 1.91. The Bertz CT molecular complexity index is 561. The average Bonchev–Trinajstić information content (AvgIpc) is 2.88. The first-order valence-electron chi connectivity index (χ1n) is 7.31. The predicted octanol–water partition coefficient (Wildman–Crippen LogP) is 2.59. The van der Waals surface area contributed by atoms with Crippen LogP contribution in [0.4, 0.5) is 0 Å². The van der Waals surface area contributed by atoms with Gasteiger partial charge < -0.3 is 5.32 Å². The van der Waals surface area contributed by atoms with Gasteiger partial charge >= 0.3 is 0 Å². The lowest BCUT2D eigenvalue weighted by Gasteiger charge is -2.15. The molecule has 2 aromatic heterocycles. The normalized spacial score (nSPS) is 12.6. The maximum atomic E-state index is 4.41. The van der Waals surface area contributed by atoms with Gasteiger partial charge in [0.15, 0.2) is 0 Å². The first-order valence-corrected chi connectivity index (χ1v) is 7.31. The Labute approximate surface area is 120 Å². The second kappa shape index (κ2) is 6.61. The number of aromatic nitrogens is 4. The van der Waals surface area contributed by atoms with Gasteiger partial charge in [-0.1, -0.05) is 26.0 Å². The Morgan fingerprint density at radius 2 is 2.05 bits per heavy atom. The SMILES string of the molecule is CCNC(CC)c1nnn(-c2cncc(C)c2)c1CC. The summed E-state index contributed by atoms with van der Waals surface area (Å²) in [5, 5.41) is 12.2. The number of hydrogen-bond acceptors (Lipinski definition) is 4. The molecule has 5 nitrogen and oxygen atoms in total. The fourth-order valence-electron chi connectivity index (χ4n) is 2.46. The smallest absolute Gasteiger partial charge is 0.103 e. The van der Waals surface area contributed by atoms with E-state index in [-0.39, 0.29) is 6.04 Å². The van der Waals surface area contributed by atoms with Crippen LogP contribution >= 0.6 is 0 Å². The van der Waals surface area contributed by atoms with E-state index < -0.39 is 0 Å². The van der Waals surface area contributed by atoms with Gasteiger partial charge in [-0.25, -0.2) is 4.68 Å². The molecule has 0 aliphatic rings. The molecule has 2 rings (SSSR count). The second-order valence-corrected chi connectivity index (χ2v) is 4.93. The standard InChI is InChI=1S/C15H23N5/c1-5-13(17-7-3)15-14(6-2)20(19-18-15)12-8-11(4)9-16-10-12/h8-10,13,17H,5-7H2,1-4H3. The number of nitrogens with one attached hydrogen (secondary N) is 1. The number of aryl methyl sites for hydroxylation is 1. The molecular formula is C15H23N5. The molecule has 0 aromatic carbocycles. The first-order chi connectivity index (χ1) is 9.71. The van der Waals surface area contributed by atoms with E-state index in [1.54, 1.807) is 0 Å². The van der Waals surface area contributed by atoms with Crippen LogP contribution in [-0.2, 0) is 6.42 Å². The number of nitrogens with zero attached hydrogens (tertiary/aromatic N) is 4. The third kappa shape index (κ3) is 2.88. The van der Waals surface area contributed by atoms with E-state index in [4.69, 9.17) is 0 Å².